The Morgan fingerprint density at radius 3 is 2.65 bits per heavy atom. The second-order valence-corrected chi connectivity index (χ2v) is 9.18. The summed E-state index contributed by atoms with van der Waals surface area (Å²) in [6.07, 6.45) is -1.26. The molecule has 13 heteroatoms. The summed E-state index contributed by atoms with van der Waals surface area (Å²) in [6.45, 7) is 4.54. The summed E-state index contributed by atoms with van der Waals surface area (Å²) in [6, 6.07) is 5.18. The lowest BCUT2D eigenvalue weighted by Gasteiger charge is -2.36. The number of nitrogens with zero attached hydrogens (tertiary/aromatic N) is 6. The van der Waals surface area contributed by atoms with Crippen molar-refractivity contribution in [2.45, 2.75) is 44.5 Å². The van der Waals surface area contributed by atoms with E-state index in [1.165, 1.54) is 11.1 Å². The number of aromatic amines is 1. The molecule has 2 fully saturated rings. The molecular weight excluding hydrogens is 491 g/mol. The van der Waals surface area contributed by atoms with Crippen LogP contribution in [-0.4, -0.2) is 77.5 Å². The van der Waals surface area contributed by atoms with Gasteiger partial charge in [0.1, 0.15) is 17.5 Å². The van der Waals surface area contributed by atoms with Gasteiger partial charge in [0.15, 0.2) is 0 Å². The van der Waals surface area contributed by atoms with Gasteiger partial charge in [-0.3, -0.25) is 9.59 Å². The third-order valence-electron chi connectivity index (χ3n) is 6.67. The van der Waals surface area contributed by atoms with Gasteiger partial charge in [0.25, 0.3) is 5.56 Å². The summed E-state index contributed by atoms with van der Waals surface area (Å²) in [7, 11) is 0. The van der Waals surface area contributed by atoms with Crippen molar-refractivity contribution in [1.82, 2.24) is 20.1 Å². The van der Waals surface area contributed by atoms with Gasteiger partial charge in [0, 0.05) is 38.9 Å². The van der Waals surface area contributed by atoms with Crippen molar-refractivity contribution in [1.29, 1.82) is 5.26 Å². The Morgan fingerprint density at radius 1 is 1.24 bits per heavy atom. The molecule has 2 aliphatic heterocycles. The van der Waals surface area contributed by atoms with E-state index in [0.29, 0.717) is 51.1 Å². The molecule has 0 radical (unpaired) electrons. The van der Waals surface area contributed by atoms with E-state index in [2.05, 4.69) is 15.0 Å². The Morgan fingerprint density at radius 2 is 2.00 bits per heavy atom. The number of piperazine rings is 1. The van der Waals surface area contributed by atoms with Crippen molar-refractivity contribution in [3.63, 3.8) is 0 Å². The standard InChI is InChI=1S/C24H28F3N7O3/c1-16(11-21(35)33-9-7-32(8-10-33)20-5-4-17(12-28)13-29-20)37-15-18-3-2-6-34(18)19-14-30-31-23(36)22(19)24(25,26)27/h4-5,13-14,16,18H,2-3,6-11,15H2,1H3,(H,31,36)/t16-,18+/m1/s1. The number of anilines is 2. The van der Waals surface area contributed by atoms with Crippen molar-refractivity contribution in [2.24, 2.45) is 0 Å². The highest BCUT2D eigenvalue weighted by Crippen LogP contribution is 2.36. The molecule has 10 nitrogen and oxygen atoms in total. The molecule has 2 saturated heterocycles. The van der Waals surface area contributed by atoms with Gasteiger partial charge in [-0.05, 0) is 31.9 Å². The fourth-order valence-corrected chi connectivity index (χ4v) is 4.74. The largest absolute Gasteiger partial charge is 0.423 e. The summed E-state index contributed by atoms with van der Waals surface area (Å²) in [5, 5.41) is 14.3. The van der Waals surface area contributed by atoms with E-state index < -0.39 is 23.4 Å². The van der Waals surface area contributed by atoms with Crippen LogP contribution in [0.2, 0.25) is 0 Å². The fraction of sp³-hybridized carbons (Fsp3) is 0.542. The number of hydrogen-bond donors (Lipinski definition) is 1. The van der Waals surface area contributed by atoms with Gasteiger partial charge < -0.3 is 19.4 Å². The summed E-state index contributed by atoms with van der Waals surface area (Å²) in [5.74, 6) is 0.703. The van der Waals surface area contributed by atoms with Crippen LogP contribution in [0.25, 0.3) is 0 Å². The smallest absolute Gasteiger partial charge is 0.376 e. The Labute approximate surface area is 211 Å². The van der Waals surface area contributed by atoms with Crippen molar-refractivity contribution in [2.75, 3.05) is 49.1 Å². The molecule has 4 rings (SSSR count). The van der Waals surface area contributed by atoms with Crippen LogP contribution in [0.1, 0.15) is 37.3 Å². The van der Waals surface area contributed by atoms with E-state index in [4.69, 9.17) is 10.00 Å². The number of amides is 1. The first-order valence-corrected chi connectivity index (χ1v) is 12.1. The monoisotopic (exact) mass is 519 g/mol. The number of H-pyrrole nitrogens is 1. The van der Waals surface area contributed by atoms with Crippen molar-refractivity contribution in [3.8, 4) is 6.07 Å². The van der Waals surface area contributed by atoms with Crippen LogP contribution in [0, 0.1) is 11.3 Å². The van der Waals surface area contributed by atoms with Crippen LogP contribution in [-0.2, 0) is 15.7 Å². The number of hydrogen-bond acceptors (Lipinski definition) is 8. The molecular formula is C24H28F3N7O3. The van der Waals surface area contributed by atoms with Crippen LogP contribution >= 0.6 is 0 Å². The van der Waals surface area contributed by atoms with E-state index >= 15 is 0 Å². The minimum absolute atomic E-state index is 0.0543. The number of ether oxygens (including phenoxy) is 1. The fourth-order valence-electron chi connectivity index (χ4n) is 4.74. The van der Waals surface area contributed by atoms with E-state index in [9.17, 15) is 22.8 Å². The van der Waals surface area contributed by atoms with Gasteiger partial charge in [-0.2, -0.15) is 23.5 Å². The third-order valence-corrected chi connectivity index (χ3v) is 6.67. The van der Waals surface area contributed by atoms with Crippen LogP contribution in [0.4, 0.5) is 24.7 Å². The topological polar surface area (TPSA) is 118 Å². The lowest BCUT2D eigenvalue weighted by molar-refractivity contribution is -0.138. The number of alkyl halides is 3. The van der Waals surface area contributed by atoms with Crippen LogP contribution in [0.5, 0.6) is 0 Å². The van der Waals surface area contributed by atoms with Crippen LogP contribution in [0.15, 0.2) is 29.3 Å². The number of rotatable bonds is 7. The average molecular weight is 520 g/mol. The second kappa shape index (κ2) is 11.2. The first-order valence-electron chi connectivity index (χ1n) is 12.1. The highest BCUT2D eigenvalue weighted by Gasteiger charge is 2.40. The zero-order valence-electron chi connectivity index (χ0n) is 20.4. The quantitative estimate of drug-likeness (QED) is 0.592. The molecule has 0 aromatic carbocycles. The van der Waals surface area contributed by atoms with E-state index in [0.717, 1.165) is 12.0 Å². The third kappa shape index (κ3) is 6.19. The Bertz CT molecular complexity index is 1190. The van der Waals surface area contributed by atoms with Gasteiger partial charge in [-0.1, -0.05) is 0 Å². The van der Waals surface area contributed by atoms with Gasteiger partial charge in [-0.25, -0.2) is 10.1 Å². The van der Waals surface area contributed by atoms with Gasteiger partial charge in [0.2, 0.25) is 5.91 Å². The molecule has 0 spiro atoms. The number of halogens is 3. The Balaban J connectivity index is 1.28. The molecule has 37 heavy (non-hydrogen) atoms. The molecule has 4 heterocycles. The molecule has 2 atom stereocenters. The zero-order chi connectivity index (χ0) is 26.6. The summed E-state index contributed by atoms with van der Waals surface area (Å²) in [4.78, 5) is 34.3. The molecule has 0 bridgehead atoms. The molecule has 198 valence electrons. The van der Waals surface area contributed by atoms with E-state index in [-0.39, 0.29) is 30.7 Å². The minimum Gasteiger partial charge on any atom is -0.376 e. The molecule has 2 aliphatic rings. The number of carbonyl (C=O) groups excluding carboxylic acids is 1. The second-order valence-electron chi connectivity index (χ2n) is 9.18. The lowest BCUT2D eigenvalue weighted by atomic mass is 10.2. The SMILES string of the molecule is C[C@H](CC(=O)N1CCN(c2ccc(C#N)cn2)CC1)OC[C@@H]1CCCN1c1cn[nH]c(=O)c1C(F)(F)F. The highest BCUT2D eigenvalue weighted by molar-refractivity contribution is 5.77. The summed E-state index contributed by atoms with van der Waals surface area (Å²) < 4.78 is 46.4. The predicted molar refractivity (Wildman–Crippen MR) is 128 cm³/mol. The zero-order valence-corrected chi connectivity index (χ0v) is 20.4. The van der Waals surface area contributed by atoms with Gasteiger partial charge in [0.05, 0.1) is 42.6 Å². The Hall–Kier alpha value is -3.66. The summed E-state index contributed by atoms with van der Waals surface area (Å²) in [5.41, 5.74) is -2.29. The molecule has 2 aromatic rings. The van der Waals surface area contributed by atoms with Crippen molar-refractivity contribution < 1.29 is 22.7 Å². The lowest BCUT2D eigenvalue weighted by Crippen LogP contribution is -2.49. The Kier molecular flexibility index (Phi) is 7.97. The van der Waals surface area contributed by atoms with E-state index in [1.807, 2.05) is 11.2 Å². The minimum atomic E-state index is -4.81. The van der Waals surface area contributed by atoms with Gasteiger partial charge >= 0.3 is 6.18 Å². The molecule has 0 aliphatic carbocycles. The maximum atomic E-state index is 13.5. The molecule has 2 aromatic heterocycles. The average Bonchev–Trinajstić information content (AvgIpc) is 3.35. The van der Waals surface area contributed by atoms with Crippen LogP contribution in [0.3, 0.4) is 0 Å². The first kappa shape index (κ1) is 26.4. The number of nitriles is 1. The number of aromatic nitrogens is 3. The first-order chi connectivity index (χ1) is 17.7. The normalized spacial score (nSPS) is 19.1. The van der Waals surface area contributed by atoms with Crippen molar-refractivity contribution >= 4 is 17.4 Å². The highest BCUT2D eigenvalue weighted by atomic mass is 19.4. The molecule has 0 unspecified atom stereocenters. The van der Waals surface area contributed by atoms with Crippen LogP contribution < -0.4 is 15.4 Å². The molecule has 1 amide bonds. The molecule has 0 saturated carbocycles. The predicted octanol–water partition coefficient (Wildman–Crippen LogP) is 2.17. The van der Waals surface area contributed by atoms with Crippen molar-refractivity contribution in [3.05, 3.63) is 46.0 Å². The number of carbonyl (C=O) groups is 1. The number of pyridine rings is 1. The summed E-state index contributed by atoms with van der Waals surface area (Å²) >= 11 is 0. The maximum absolute atomic E-state index is 13.5. The van der Waals surface area contributed by atoms with Gasteiger partial charge in [-0.15, -0.1) is 0 Å². The van der Waals surface area contributed by atoms with E-state index in [1.54, 1.807) is 24.0 Å². The number of nitrogens with one attached hydrogen (secondary N) is 1. The molecule has 1 N–H and O–H groups in total. The maximum Gasteiger partial charge on any atom is 0.423 e.